The van der Waals surface area contributed by atoms with Crippen LogP contribution in [0.15, 0.2) is 48.5 Å². The molecule has 5 nitrogen and oxygen atoms in total. The Hall–Kier alpha value is -2.76. The SMILES string of the molecule is O=C(Cc1cccc(F)c1)Nc1cccc([N+](=O)[O-])c1. The van der Waals surface area contributed by atoms with Gasteiger partial charge in [-0.25, -0.2) is 4.39 Å². The molecule has 2 rings (SSSR count). The highest BCUT2D eigenvalue weighted by atomic mass is 19.1. The molecule has 0 unspecified atom stereocenters. The summed E-state index contributed by atoms with van der Waals surface area (Å²) in [4.78, 5) is 21.9. The van der Waals surface area contributed by atoms with Crippen LogP contribution < -0.4 is 5.32 Å². The van der Waals surface area contributed by atoms with Gasteiger partial charge in [0.1, 0.15) is 5.82 Å². The summed E-state index contributed by atoms with van der Waals surface area (Å²) in [5.41, 5.74) is 0.766. The summed E-state index contributed by atoms with van der Waals surface area (Å²) in [7, 11) is 0. The van der Waals surface area contributed by atoms with E-state index >= 15 is 0 Å². The first-order valence-electron chi connectivity index (χ1n) is 5.83. The molecule has 0 bridgehead atoms. The molecule has 0 aliphatic rings. The number of hydrogen-bond acceptors (Lipinski definition) is 3. The van der Waals surface area contributed by atoms with Crippen molar-refractivity contribution in [2.45, 2.75) is 6.42 Å². The van der Waals surface area contributed by atoms with E-state index < -0.39 is 10.7 Å². The molecule has 0 fully saturated rings. The second-order valence-electron chi connectivity index (χ2n) is 4.16. The molecule has 0 aliphatic heterocycles. The average molecular weight is 274 g/mol. The maximum absolute atomic E-state index is 13.0. The molecule has 0 spiro atoms. The van der Waals surface area contributed by atoms with Crippen LogP contribution >= 0.6 is 0 Å². The van der Waals surface area contributed by atoms with Gasteiger partial charge in [-0.05, 0) is 23.8 Å². The number of non-ortho nitro benzene ring substituents is 1. The number of hydrogen-bond donors (Lipinski definition) is 1. The van der Waals surface area contributed by atoms with Crippen molar-refractivity contribution in [1.82, 2.24) is 0 Å². The molecule has 1 amide bonds. The summed E-state index contributed by atoms with van der Waals surface area (Å²) in [6.45, 7) is 0. The van der Waals surface area contributed by atoms with E-state index in [1.807, 2.05) is 0 Å². The van der Waals surface area contributed by atoms with Crippen LogP contribution in [0.5, 0.6) is 0 Å². The van der Waals surface area contributed by atoms with Crippen molar-refractivity contribution in [2.75, 3.05) is 5.32 Å². The first kappa shape index (κ1) is 13.7. The molecule has 0 heterocycles. The van der Waals surface area contributed by atoms with E-state index in [0.717, 1.165) is 0 Å². The first-order valence-corrected chi connectivity index (χ1v) is 5.83. The summed E-state index contributed by atoms with van der Waals surface area (Å²) in [5.74, 6) is -0.776. The van der Waals surface area contributed by atoms with Gasteiger partial charge >= 0.3 is 0 Å². The zero-order valence-corrected chi connectivity index (χ0v) is 10.4. The number of anilines is 1. The van der Waals surface area contributed by atoms with E-state index in [1.54, 1.807) is 12.1 Å². The number of rotatable bonds is 4. The van der Waals surface area contributed by atoms with Crippen molar-refractivity contribution in [2.24, 2.45) is 0 Å². The zero-order valence-electron chi connectivity index (χ0n) is 10.4. The van der Waals surface area contributed by atoms with Gasteiger partial charge in [-0.1, -0.05) is 18.2 Å². The number of halogens is 1. The standard InChI is InChI=1S/C14H11FN2O3/c15-11-4-1-3-10(7-11)8-14(18)16-12-5-2-6-13(9-12)17(19)20/h1-7,9H,8H2,(H,16,18). The van der Waals surface area contributed by atoms with E-state index in [-0.39, 0.29) is 18.0 Å². The average Bonchev–Trinajstić information content (AvgIpc) is 2.38. The molecule has 2 aromatic carbocycles. The number of carbonyl (C=O) groups excluding carboxylic acids is 1. The zero-order chi connectivity index (χ0) is 14.5. The molecular formula is C14H11FN2O3. The Morgan fingerprint density at radius 2 is 1.95 bits per heavy atom. The quantitative estimate of drug-likeness (QED) is 0.688. The molecule has 0 radical (unpaired) electrons. The van der Waals surface area contributed by atoms with Crippen LogP contribution in [0.25, 0.3) is 0 Å². The summed E-state index contributed by atoms with van der Waals surface area (Å²) < 4.78 is 13.0. The van der Waals surface area contributed by atoms with Crippen LogP contribution in [0, 0.1) is 15.9 Å². The van der Waals surface area contributed by atoms with Gasteiger partial charge in [-0.3, -0.25) is 14.9 Å². The highest BCUT2D eigenvalue weighted by Gasteiger charge is 2.09. The summed E-state index contributed by atoms with van der Waals surface area (Å²) >= 11 is 0. The third-order valence-electron chi connectivity index (χ3n) is 2.59. The lowest BCUT2D eigenvalue weighted by atomic mass is 10.1. The van der Waals surface area contributed by atoms with Crippen molar-refractivity contribution in [1.29, 1.82) is 0 Å². The van der Waals surface area contributed by atoms with Gasteiger partial charge in [-0.15, -0.1) is 0 Å². The van der Waals surface area contributed by atoms with Crippen LogP contribution in [-0.4, -0.2) is 10.8 Å². The fraction of sp³-hybridized carbons (Fsp3) is 0.0714. The Balaban J connectivity index is 2.04. The van der Waals surface area contributed by atoms with E-state index in [2.05, 4.69) is 5.32 Å². The van der Waals surface area contributed by atoms with Crippen LogP contribution in [0.2, 0.25) is 0 Å². The van der Waals surface area contributed by atoms with Gasteiger partial charge < -0.3 is 5.32 Å². The van der Waals surface area contributed by atoms with Crippen molar-refractivity contribution < 1.29 is 14.1 Å². The smallest absolute Gasteiger partial charge is 0.271 e. The Bertz CT molecular complexity index is 658. The highest BCUT2D eigenvalue weighted by Crippen LogP contribution is 2.17. The number of benzene rings is 2. The summed E-state index contributed by atoms with van der Waals surface area (Å²) in [6.07, 6.45) is 0.000448. The molecule has 6 heteroatoms. The van der Waals surface area contributed by atoms with Gasteiger partial charge in [0.05, 0.1) is 11.3 Å². The predicted molar refractivity (Wildman–Crippen MR) is 71.8 cm³/mol. The second kappa shape index (κ2) is 5.92. The van der Waals surface area contributed by atoms with Gasteiger partial charge in [0.25, 0.3) is 5.69 Å². The molecule has 0 saturated carbocycles. The summed E-state index contributed by atoms with van der Waals surface area (Å²) in [6, 6.07) is 11.4. The van der Waals surface area contributed by atoms with Crippen molar-refractivity contribution in [3.05, 3.63) is 70.0 Å². The Morgan fingerprint density at radius 3 is 2.65 bits per heavy atom. The molecule has 0 aromatic heterocycles. The van der Waals surface area contributed by atoms with E-state index in [1.165, 1.54) is 36.4 Å². The Labute approximate surface area is 114 Å². The minimum absolute atomic E-state index is 0.000448. The van der Waals surface area contributed by atoms with Crippen LogP contribution in [0.4, 0.5) is 15.8 Å². The fourth-order valence-electron chi connectivity index (χ4n) is 1.73. The van der Waals surface area contributed by atoms with Gasteiger partial charge in [0.15, 0.2) is 0 Å². The lowest BCUT2D eigenvalue weighted by Gasteiger charge is -2.05. The predicted octanol–water partition coefficient (Wildman–Crippen LogP) is 2.92. The largest absolute Gasteiger partial charge is 0.326 e. The normalized spacial score (nSPS) is 10.1. The number of nitrogens with zero attached hydrogens (tertiary/aromatic N) is 1. The molecule has 20 heavy (non-hydrogen) atoms. The van der Waals surface area contributed by atoms with Crippen molar-refractivity contribution in [3.63, 3.8) is 0 Å². The number of nitro benzene ring substituents is 1. The van der Waals surface area contributed by atoms with Crippen molar-refractivity contribution >= 4 is 17.3 Å². The molecule has 0 saturated heterocycles. The van der Waals surface area contributed by atoms with Crippen LogP contribution in [0.1, 0.15) is 5.56 Å². The minimum atomic E-state index is -0.539. The van der Waals surface area contributed by atoms with E-state index in [0.29, 0.717) is 11.3 Å². The third kappa shape index (κ3) is 3.61. The molecular weight excluding hydrogens is 263 g/mol. The number of amides is 1. The molecule has 0 atom stereocenters. The lowest BCUT2D eigenvalue weighted by molar-refractivity contribution is -0.384. The maximum atomic E-state index is 13.0. The molecule has 102 valence electrons. The summed E-state index contributed by atoms with van der Waals surface area (Å²) in [5, 5.41) is 13.2. The number of carbonyl (C=O) groups is 1. The molecule has 1 N–H and O–H groups in total. The third-order valence-corrected chi connectivity index (χ3v) is 2.59. The maximum Gasteiger partial charge on any atom is 0.271 e. The molecule has 2 aromatic rings. The van der Waals surface area contributed by atoms with Crippen LogP contribution in [-0.2, 0) is 11.2 Å². The minimum Gasteiger partial charge on any atom is -0.326 e. The van der Waals surface area contributed by atoms with Gasteiger partial charge in [0, 0.05) is 17.8 Å². The fourth-order valence-corrected chi connectivity index (χ4v) is 1.73. The topological polar surface area (TPSA) is 72.2 Å². The first-order chi connectivity index (χ1) is 9.54. The second-order valence-corrected chi connectivity index (χ2v) is 4.16. The number of nitro groups is 1. The van der Waals surface area contributed by atoms with E-state index in [9.17, 15) is 19.3 Å². The highest BCUT2D eigenvalue weighted by molar-refractivity contribution is 5.92. The monoisotopic (exact) mass is 274 g/mol. The Morgan fingerprint density at radius 1 is 1.20 bits per heavy atom. The molecule has 0 aliphatic carbocycles. The van der Waals surface area contributed by atoms with Gasteiger partial charge in [-0.2, -0.15) is 0 Å². The Kier molecular flexibility index (Phi) is 4.05. The van der Waals surface area contributed by atoms with Crippen LogP contribution in [0.3, 0.4) is 0 Å². The lowest BCUT2D eigenvalue weighted by Crippen LogP contribution is -2.14. The van der Waals surface area contributed by atoms with Crippen molar-refractivity contribution in [3.8, 4) is 0 Å². The van der Waals surface area contributed by atoms with E-state index in [4.69, 9.17) is 0 Å². The number of nitrogens with one attached hydrogen (secondary N) is 1. The van der Waals surface area contributed by atoms with Gasteiger partial charge in [0.2, 0.25) is 5.91 Å².